The average Bonchev–Trinajstić information content (AvgIpc) is 3.08. The maximum absolute atomic E-state index is 12.8. The molecule has 0 bridgehead atoms. The van der Waals surface area contributed by atoms with E-state index >= 15 is 0 Å². The maximum atomic E-state index is 12.8. The summed E-state index contributed by atoms with van der Waals surface area (Å²) in [5, 5.41) is 0. The number of carbonyl (C=O) groups is 1. The molecule has 0 saturated carbocycles. The number of aromatic amines is 1. The summed E-state index contributed by atoms with van der Waals surface area (Å²) in [6, 6.07) is 0.0966. The molecule has 0 spiro atoms. The van der Waals surface area contributed by atoms with Crippen molar-refractivity contribution in [3.8, 4) is 0 Å². The van der Waals surface area contributed by atoms with Gasteiger partial charge in [-0.05, 0) is 20.4 Å². The summed E-state index contributed by atoms with van der Waals surface area (Å²) in [7, 11) is 0. The zero-order valence-electron chi connectivity index (χ0n) is 13.8. The number of aryl methyl sites for hydroxylation is 2. The van der Waals surface area contributed by atoms with Gasteiger partial charge in [0.2, 0.25) is 0 Å². The first-order valence-corrected chi connectivity index (χ1v) is 7.93. The molecular weight excluding hydrogens is 292 g/mol. The summed E-state index contributed by atoms with van der Waals surface area (Å²) in [6.45, 7) is 8.90. The second-order valence-electron chi connectivity index (χ2n) is 5.79. The van der Waals surface area contributed by atoms with Gasteiger partial charge in [-0.25, -0.2) is 15.0 Å². The molecule has 1 aliphatic rings. The molecule has 7 nitrogen and oxygen atoms in total. The highest BCUT2D eigenvalue weighted by Crippen LogP contribution is 2.23. The Bertz CT molecular complexity index is 684. The molecule has 23 heavy (non-hydrogen) atoms. The fraction of sp³-hybridized carbons (Fsp3) is 0.500. The first kappa shape index (κ1) is 15.6. The van der Waals surface area contributed by atoms with Crippen LogP contribution in [0.25, 0.3) is 0 Å². The highest BCUT2D eigenvalue weighted by molar-refractivity contribution is 5.95. The molecule has 1 amide bonds. The molecule has 1 saturated heterocycles. The summed E-state index contributed by atoms with van der Waals surface area (Å²) in [5.74, 6) is 1.58. The Balaban J connectivity index is 1.82. The van der Waals surface area contributed by atoms with Crippen LogP contribution in [0.5, 0.6) is 0 Å². The molecule has 7 heteroatoms. The number of carbonyl (C=O) groups excluding carboxylic acids is 1. The molecule has 0 unspecified atom stereocenters. The van der Waals surface area contributed by atoms with E-state index in [1.54, 1.807) is 12.4 Å². The van der Waals surface area contributed by atoms with Crippen LogP contribution in [0.1, 0.15) is 40.7 Å². The van der Waals surface area contributed by atoms with Crippen molar-refractivity contribution in [3.05, 3.63) is 41.5 Å². The van der Waals surface area contributed by atoms with E-state index in [1.165, 1.54) is 0 Å². The van der Waals surface area contributed by atoms with Gasteiger partial charge in [0.1, 0.15) is 11.6 Å². The van der Waals surface area contributed by atoms with E-state index in [9.17, 15) is 4.79 Å². The Morgan fingerprint density at radius 1 is 1.35 bits per heavy atom. The number of nitrogens with zero attached hydrogens (tertiary/aromatic N) is 5. The highest BCUT2D eigenvalue weighted by atomic mass is 16.2. The summed E-state index contributed by atoms with van der Waals surface area (Å²) < 4.78 is 0. The molecule has 2 aromatic rings. The van der Waals surface area contributed by atoms with E-state index in [1.807, 2.05) is 24.9 Å². The van der Waals surface area contributed by atoms with E-state index in [0.29, 0.717) is 24.5 Å². The minimum absolute atomic E-state index is 0.00481. The lowest BCUT2D eigenvalue weighted by Crippen LogP contribution is -2.50. The number of hydrogen-bond acceptors (Lipinski definition) is 5. The number of amides is 1. The number of likely N-dealkylation sites (N-methyl/N-ethyl adjacent to an activating group) is 1. The average molecular weight is 314 g/mol. The van der Waals surface area contributed by atoms with Crippen molar-refractivity contribution in [1.29, 1.82) is 0 Å². The van der Waals surface area contributed by atoms with Crippen LogP contribution in [0.15, 0.2) is 18.6 Å². The number of hydrogen-bond donors (Lipinski definition) is 1. The Morgan fingerprint density at radius 2 is 2.17 bits per heavy atom. The second kappa shape index (κ2) is 6.45. The Labute approximate surface area is 135 Å². The van der Waals surface area contributed by atoms with Crippen LogP contribution in [0.3, 0.4) is 0 Å². The fourth-order valence-corrected chi connectivity index (χ4v) is 3.07. The van der Waals surface area contributed by atoms with Gasteiger partial charge in [-0.1, -0.05) is 6.92 Å². The van der Waals surface area contributed by atoms with Crippen molar-refractivity contribution in [1.82, 2.24) is 29.7 Å². The third kappa shape index (κ3) is 3.10. The second-order valence-corrected chi connectivity index (χ2v) is 5.79. The van der Waals surface area contributed by atoms with Gasteiger partial charge in [0.15, 0.2) is 0 Å². The van der Waals surface area contributed by atoms with Crippen LogP contribution in [0.2, 0.25) is 0 Å². The van der Waals surface area contributed by atoms with Crippen molar-refractivity contribution >= 4 is 5.91 Å². The van der Waals surface area contributed by atoms with Crippen molar-refractivity contribution in [2.75, 3.05) is 26.2 Å². The maximum Gasteiger partial charge on any atom is 0.257 e. The van der Waals surface area contributed by atoms with Gasteiger partial charge in [-0.15, -0.1) is 0 Å². The van der Waals surface area contributed by atoms with Gasteiger partial charge in [0.25, 0.3) is 5.91 Å². The number of rotatable bonds is 3. The van der Waals surface area contributed by atoms with Crippen LogP contribution >= 0.6 is 0 Å². The van der Waals surface area contributed by atoms with Crippen molar-refractivity contribution < 1.29 is 4.79 Å². The molecule has 0 radical (unpaired) electrons. The smallest absolute Gasteiger partial charge is 0.257 e. The van der Waals surface area contributed by atoms with Crippen LogP contribution < -0.4 is 0 Å². The van der Waals surface area contributed by atoms with E-state index in [2.05, 4.69) is 31.8 Å². The summed E-state index contributed by atoms with van der Waals surface area (Å²) in [5.41, 5.74) is 1.31. The summed E-state index contributed by atoms with van der Waals surface area (Å²) >= 11 is 0. The van der Waals surface area contributed by atoms with E-state index in [4.69, 9.17) is 0 Å². The molecule has 1 N–H and O–H groups in total. The molecule has 3 heterocycles. The fourth-order valence-electron chi connectivity index (χ4n) is 3.07. The standard InChI is InChI=1S/C16H22N6O/c1-4-21-7-8-22(10-14(21)15-17-5-6-18-15)16(23)13-9-19-12(3)20-11(13)2/h5-6,9,14H,4,7-8,10H2,1-3H3,(H,17,18)/t14-/m0/s1. The van der Waals surface area contributed by atoms with Crippen LogP contribution in [-0.2, 0) is 0 Å². The summed E-state index contributed by atoms with van der Waals surface area (Å²) in [4.78, 5) is 33.1. The van der Waals surface area contributed by atoms with Gasteiger partial charge in [-0.3, -0.25) is 9.69 Å². The van der Waals surface area contributed by atoms with Crippen LogP contribution in [0.4, 0.5) is 0 Å². The third-order valence-corrected chi connectivity index (χ3v) is 4.35. The van der Waals surface area contributed by atoms with Gasteiger partial charge in [-0.2, -0.15) is 0 Å². The van der Waals surface area contributed by atoms with E-state index < -0.39 is 0 Å². The molecule has 0 aliphatic carbocycles. The molecule has 1 fully saturated rings. The molecule has 1 atom stereocenters. The number of nitrogens with one attached hydrogen (secondary N) is 1. The van der Waals surface area contributed by atoms with Gasteiger partial charge >= 0.3 is 0 Å². The van der Waals surface area contributed by atoms with Gasteiger partial charge in [0.05, 0.1) is 17.3 Å². The molecule has 1 aliphatic heterocycles. The Hall–Kier alpha value is -2.28. The zero-order valence-corrected chi connectivity index (χ0v) is 13.8. The zero-order chi connectivity index (χ0) is 16.4. The first-order chi connectivity index (χ1) is 11.1. The normalized spacial score (nSPS) is 19.1. The number of imidazole rings is 1. The van der Waals surface area contributed by atoms with Crippen LogP contribution in [0, 0.1) is 13.8 Å². The number of aromatic nitrogens is 4. The highest BCUT2D eigenvalue weighted by Gasteiger charge is 2.32. The van der Waals surface area contributed by atoms with E-state index in [0.717, 1.165) is 24.6 Å². The molecule has 2 aromatic heterocycles. The predicted molar refractivity (Wildman–Crippen MR) is 86.0 cm³/mol. The SMILES string of the molecule is CCN1CCN(C(=O)c2cnc(C)nc2C)C[C@H]1c1ncc[nH]1. The molecule has 3 rings (SSSR count). The largest absolute Gasteiger partial charge is 0.347 e. The van der Waals surface area contributed by atoms with Crippen molar-refractivity contribution in [2.45, 2.75) is 26.8 Å². The quantitative estimate of drug-likeness (QED) is 0.925. The molecule has 122 valence electrons. The molecular formula is C16H22N6O. The monoisotopic (exact) mass is 314 g/mol. The van der Waals surface area contributed by atoms with Crippen molar-refractivity contribution in [2.24, 2.45) is 0 Å². The topological polar surface area (TPSA) is 78.0 Å². The van der Waals surface area contributed by atoms with Crippen LogP contribution in [-0.4, -0.2) is 61.8 Å². The Morgan fingerprint density at radius 3 is 2.83 bits per heavy atom. The van der Waals surface area contributed by atoms with Crippen molar-refractivity contribution in [3.63, 3.8) is 0 Å². The minimum atomic E-state index is -0.00481. The lowest BCUT2D eigenvalue weighted by molar-refractivity contribution is 0.0478. The minimum Gasteiger partial charge on any atom is -0.347 e. The lowest BCUT2D eigenvalue weighted by Gasteiger charge is -2.40. The summed E-state index contributed by atoms with van der Waals surface area (Å²) in [6.07, 6.45) is 5.21. The Kier molecular flexibility index (Phi) is 4.38. The lowest BCUT2D eigenvalue weighted by atomic mass is 10.1. The van der Waals surface area contributed by atoms with Gasteiger partial charge < -0.3 is 9.88 Å². The third-order valence-electron chi connectivity index (χ3n) is 4.35. The number of piperazine rings is 1. The van der Waals surface area contributed by atoms with E-state index in [-0.39, 0.29) is 11.9 Å². The first-order valence-electron chi connectivity index (χ1n) is 7.93. The molecule has 0 aromatic carbocycles. The van der Waals surface area contributed by atoms with Gasteiger partial charge in [0, 0.05) is 38.2 Å². The number of H-pyrrole nitrogens is 1. The predicted octanol–water partition coefficient (Wildman–Crippen LogP) is 1.34.